The zero-order valence-electron chi connectivity index (χ0n) is 8.00. The third-order valence-electron chi connectivity index (χ3n) is 2.35. The molecule has 2 aromatic rings. The van der Waals surface area contributed by atoms with Gasteiger partial charge in [0, 0.05) is 5.56 Å². The molecule has 0 aliphatic heterocycles. The lowest BCUT2D eigenvalue weighted by Gasteiger charge is -2.01. The van der Waals surface area contributed by atoms with Crippen molar-refractivity contribution in [2.75, 3.05) is 0 Å². The highest BCUT2D eigenvalue weighted by Gasteiger charge is 2.25. The third-order valence-corrected chi connectivity index (χ3v) is 3.13. The van der Waals surface area contributed by atoms with Gasteiger partial charge in [-0.3, -0.25) is 5.73 Å². The van der Waals surface area contributed by atoms with Gasteiger partial charge in [0.15, 0.2) is 0 Å². The Bertz CT molecular complexity index is 513. The largest absolute Gasteiger partial charge is 0.529 e. The topological polar surface area (TPSA) is 63.3 Å². The molecule has 3 N–H and O–H groups in total. The SMILES string of the molecule is NC(c1ccc2ccccc2c1)[P+](=O)O. The van der Waals surface area contributed by atoms with Crippen LogP contribution in [-0.2, 0) is 4.57 Å². The van der Waals surface area contributed by atoms with E-state index in [1.165, 1.54) is 0 Å². The summed E-state index contributed by atoms with van der Waals surface area (Å²) in [6, 6.07) is 13.4. The van der Waals surface area contributed by atoms with Crippen molar-refractivity contribution in [1.29, 1.82) is 0 Å². The summed E-state index contributed by atoms with van der Waals surface area (Å²) in [5.41, 5.74) is 6.29. The highest BCUT2D eigenvalue weighted by atomic mass is 31.1. The summed E-state index contributed by atoms with van der Waals surface area (Å²) in [6.45, 7) is 0. The molecule has 0 amide bonds. The molecule has 3 nitrogen and oxygen atoms in total. The first-order valence-electron chi connectivity index (χ1n) is 4.58. The van der Waals surface area contributed by atoms with Gasteiger partial charge in [0.2, 0.25) is 0 Å². The van der Waals surface area contributed by atoms with Crippen LogP contribution in [-0.4, -0.2) is 4.89 Å². The number of fused-ring (bicyclic) bond motifs is 1. The highest BCUT2D eigenvalue weighted by molar-refractivity contribution is 7.38. The van der Waals surface area contributed by atoms with Crippen LogP contribution in [0.25, 0.3) is 10.8 Å². The van der Waals surface area contributed by atoms with Gasteiger partial charge in [-0.2, -0.15) is 4.89 Å². The van der Waals surface area contributed by atoms with Crippen molar-refractivity contribution in [2.45, 2.75) is 5.78 Å². The Morgan fingerprint density at radius 1 is 1.13 bits per heavy atom. The van der Waals surface area contributed by atoms with E-state index in [1.54, 1.807) is 6.07 Å². The molecular weight excluding hydrogens is 209 g/mol. The first-order valence-corrected chi connectivity index (χ1v) is 5.86. The van der Waals surface area contributed by atoms with Gasteiger partial charge in [-0.15, -0.1) is 0 Å². The summed E-state index contributed by atoms with van der Waals surface area (Å²) in [4.78, 5) is 8.93. The van der Waals surface area contributed by atoms with Crippen LogP contribution in [0.1, 0.15) is 11.3 Å². The van der Waals surface area contributed by atoms with Gasteiger partial charge in [0.1, 0.15) is 0 Å². The second-order valence-electron chi connectivity index (χ2n) is 3.35. The average Bonchev–Trinajstić information content (AvgIpc) is 2.27. The molecule has 0 aliphatic carbocycles. The van der Waals surface area contributed by atoms with Crippen LogP contribution in [0.2, 0.25) is 0 Å². The molecule has 2 rings (SSSR count). The van der Waals surface area contributed by atoms with E-state index in [2.05, 4.69) is 0 Å². The molecule has 0 fully saturated rings. The Morgan fingerprint density at radius 2 is 1.80 bits per heavy atom. The van der Waals surface area contributed by atoms with Crippen LogP contribution < -0.4 is 5.73 Å². The second-order valence-corrected chi connectivity index (χ2v) is 4.52. The van der Waals surface area contributed by atoms with Gasteiger partial charge in [-0.1, -0.05) is 36.4 Å². The summed E-state index contributed by atoms with van der Waals surface area (Å²) in [6.07, 6.45) is 0. The summed E-state index contributed by atoms with van der Waals surface area (Å²) in [7, 11) is -2.37. The second kappa shape index (κ2) is 4.07. The maximum atomic E-state index is 10.9. The minimum absolute atomic E-state index is 0.692. The van der Waals surface area contributed by atoms with Crippen molar-refractivity contribution in [3.05, 3.63) is 48.0 Å². The molecule has 0 spiro atoms. The first-order chi connectivity index (χ1) is 7.18. The lowest BCUT2D eigenvalue weighted by atomic mass is 10.1. The minimum Gasteiger partial charge on any atom is -0.281 e. The number of rotatable bonds is 2. The van der Waals surface area contributed by atoms with Gasteiger partial charge in [-0.05, 0) is 21.4 Å². The van der Waals surface area contributed by atoms with Crippen molar-refractivity contribution in [3.8, 4) is 0 Å². The number of benzene rings is 2. The van der Waals surface area contributed by atoms with Crippen LogP contribution in [0, 0.1) is 0 Å². The molecule has 0 bridgehead atoms. The van der Waals surface area contributed by atoms with E-state index in [0.29, 0.717) is 5.56 Å². The molecule has 0 aliphatic rings. The van der Waals surface area contributed by atoms with Gasteiger partial charge in [0.25, 0.3) is 5.78 Å². The average molecular weight is 220 g/mol. The van der Waals surface area contributed by atoms with Gasteiger partial charge in [0.05, 0.1) is 0 Å². The molecule has 2 atom stereocenters. The van der Waals surface area contributed by atoms with E-state index in [9.17, 15) is 4.57 Å². The zero-order chi connectivity index (χ0) is 10.8. The third kappa shape index (κ3) is 2.05. The van der Waals surface area contributed by atoms with Gasteiger partial charge >= 0.3 is 8.03 Å². The van der Waals surface area contributed by atoms with Gasteiger partial charge in [-0.25, -0.2) is 0 Å². The maximum absolute atomic E-state index is 10.9. The van der Waals surface area contributed by atoms with E-state index in [0.717, 1.165) is 10.8 Å². The summed E-state index contributed by atoms with van der Waals surface area (Å²) < 4.78 is 10.9. The molecule has 0 aromatic heterocycles. The number of hydrogen-bond acceptors (Lipinski definition) is 2. The Labute approximate surface area is 88.4 Å². The molecule has 4 heteroatoms. The Hall–Kier alpha value is -1.28. The predicted octanol–water partition coefficient (Wildman–Crippen LogP) is 2.53. The Morgan fingerprint density at radius 3 is 2.47 bits per heavy atom. The van der Waals surface area contributed by atoms with Crippen LogP contribution in [0.4, 0.5) is 0 Å². The minimum atomic E-state index is -2.37. The first kappa shape index (κ1) is 10.2. The molecular formula is C11H11NO2P+. The van der Waals surface area contributed by atoms with Crippen LogP contribution >= 0.6 is 8.03 Å². The van der Waals surface area contributed by atoms with E-state index in [4.69, 9.17) is 10.6 Å². The number of nitrogens with two attached hydrogens (primary N) is 1. The summed E-state index contributed by atoms with van der Waals surface area (Å²) in [5.74, 6) is -0.801. The van der Waals surface area contributed by atoms with Crippen molar-refractivity contribution in [1.82, 2.24) is 0 Å². The summed E-state index contributed by atoms with van der Waals surface area (Å²) in [5, 5.41) is 2.13. The van der Waals surface area contributed by atoms with Crippen molar-refractivity contribution in [3.63, 3.8) is 0 Å². The van der Waals surface area contributed by atoms with Crippen LogP contribution in [0.3, 0.4) is 0 Å². The van der Waals surface area contributed by atoms with Crippen molar-refractivity contribution < 1.29 is 9.46 Å². The highest BCUT2D eigenvalue weighted by Crippen LogP contribution is 2.33. The summed E-state index contributed by atoms with van der Waals surface area (Å²) >= 11 is 0. The quantitative estimate of drug-likeness (QED) is 0.764. The molecule has 2 aromatic carbocycles. The fourth-order valence-corrected chi connectivity index (χ4v) is 1.93. The Balaban J connectivity index is 2.51. The van der Waals surface area contributed by atoms with E-state index >= 15 is 0 Å². The lowest BCUT2D eigenvalue weighted by Crippen LogP contribution is -2.04. The molecule has 76 valence electrons. The fraction of sp³-hybridized carbons (Fsp3) is 0.0909. The van der Waals surface area contributed by atoms with Crippen LogP contribution in [0.5, 0.6) is 0 Å². The van der Waals surface area contributed by atoms with Crippen molar-refractivity contribution >= 4 is 18.8 Å². The Kier molecular flexibility index (Phi) is 2.78. The molecule has 0 saturated heterocycles. The molecule has 2 unspecified atom stereocenters. The predicted molar refractivity (Wildman–Crippen MR) is 60.7 cm³/mol. The molecule has 15 heavy (non-hydrogen) atoms. The van der Waals surface area contributed by atoms with E-state index < -0.39 is 13.8 Å². The number of hydrogen-bond donors (Lipinski definition) is 2. The molecule has 0 heterocycles. The monoisotopic (exact) mass is 220 g/mol. The molecule has 0 saturated carbocycles. The zero-order valence-corrected chi connectivity index (χ0v) is 8.89. The smallest absolute Gasteiger partial charge is 0.281 e. The van der Waals surface area contributed by atoms with E-state index in [1.807, 2.05) is 36.4 Å². The van der Waals surface area contributed by atoms with Gasteiger partial charge < -0.3 is 0 Å². The van der Waals surface area contributed by atoms with Crippen LogP contribution in [0.15, 0.2) is 42.5 Å². The normalized spacial score (nSPS) is 13.9. The standard InChI is InChI=1S/C11H10NO2P/c12-11(15(13)14)10-6-5-8-3-1-2-4-9(8)7-10/h1-7,11H,12H2/p+1. The maximum Gasteiger partial charge on any atom is 0.529 e. The van der Waals surface area contributed by atoms with E-state index in [-0.39, 0.29) is 0 Å². The fourth-order valence-electron chi connectivity index (χ4n) is 1.52. The molecule has 0 radical (unpaired) electrons. The van der Waals surface area contributed by atoms with Crippen molar-refractivity contribution in [2.24, 2.45) is 5.73 Å². The lowest BCUT2D eigenvalue weighted by molar-refractivity contribution is 0.491.